The number of nitrogens with zero attached hydrogens (tertiary/aromatic N) is 4. The number of halogens is 1. The fourth-order valence-corrected chi connectivity index (χ4v) is 4.69. The molecule has 0 spiro atoms. The van der Waals surface area contributed by atoms with E-state index in [0.29, 0.717) is 5.56 Å². The number of fused-ring (bicyclic) bond motifs is 3. The minimum absolute atomic E-state index is 0.103. The van der Waals surface area contributed by atoms with E-state index in [1.54, 1.807) is 12.3 Å². The minimum Gasteiger partial charge on any atom is -0.294 e. The van der Waals surface area contributed by atoms with Crippen molar-refractivity contribution in [2.45, 2.75) is 6.04 Å². The van der Waals surface area contributed by atoms with Crippen molar-refractivity contribution in [1.82, 2.24) is 9.91 Å². The number of rotatable bonds is 4. The topological polar surface area (TPSA) is 62.0 Å². The van der Waals surface area contributed by atoms with E-state index in [1.165, 1.54) is 34.4 Å². The lowest BCUT2D eigenvalue weighted by Crippen LogP contribution is -2.45. The van der Waals surface area contributed by atoms with E-state index in [0.717, 1.165) is 26.2 Å². The van der Waals surface area contributed by atoms with Crippen LogP contribution in [-0.2, 0) is 0 Å². The zero-order chi connectivity index (χ0) is 21.4. The highest BCUT2D eigenvalue weighted by Gasteiger charge is 2.33. The average molecular weight is 433 g/mol. The molecule has 0 saturated carbocycles. The maximum atomic E-state index is 11.1. The van der Waals surface area contributed by atoms with E-state index in [4.69, 9.17) is 11.6 Å². The van der Waals surface area contributed by atoms with Gasteiger partial charge in [-0.2, -0.15) is 5.10 Å². The Morgan fingerprint density at radius 2 is 1.55 bits per heavy atom. The molecule has 0 N–H and O–H groups in total. The molecule has 1 saturated heterocycles. The Morgan fingerprint density at radius 3 is 2.16 bits per heavy atom. The van der Waals surface area contributed by atoms with Crippen molar-refractivity contribution in [3.8, 4) is 11.1 Å². The molecule has 156 valence electrons. The second-order valence-corrected chi connectivity index (χ2v) is 8.19. The first-order valence-corrected chi connectivity index (χ1v) is 10.6. The van der Waals surface area contributed by atoms with Crippen LogP contribution < -0.4 is 0 Å². The first-order chi connectivity index (χ1) is 15.1. The number of piperazine rings is 1. The third kappa shape index (κ3) is 3.69. The van der Waals surface area contributed by atoms with Gasteiger partial charge < -0.3 is 0 Å². The highest BCUT2D eigenvalue weighted by atomic mass is 35.5. The summed E-state index contributed by atoms with van der Waals surface area (Å²) >= 11 is 5.89. The van der Waals surface area contributed by atoms with E-state index in [1.807, 2.05) is 5.01 Å². The summed E-state index contributed by atoms with van der Waals surface area (Å²) in [6.07, 6.45) is 1.67. The highest BCUT2D eigenvalue weighted by molar-refractivity contribution is 6.32. The van der Waals surface area contributed by atoms with Gasteiger partial charge in [-0.05, 0) is 28.3 Å². The van der Waals surface area contributed by atoms with Crippen LogP contribution in [0.1, 0.15) is 22.7 Å². The van der Waals surface area contributed by atoms with Crippen LogP contribution in [0.3, 0.4) is 0 Å². The average Bonchev–Trinajstić information content (AvgIpc) is 3.13. The second kappa shape index (κ2) is 8.13. The Morgan fingerprint density at radius 1 is 0.935 bits per heavy atom. The first kappa shape index (κ1) is 19.7. The molecule has 0 aromatic heterocycles. The molecular formula is C24H21ClN4O2. The molecule has 0 bridgehead atoms. The molecule has 31 heavy (non-hydrogen) atoms. The van der Waals surface area contributed by atoms with E-state index in [-0.39, 0.29) is 16.8 Å². The largest absolute Gasteiger partial charge is 0.294 e. The Bertz CT molecular complexity index is 1130. The number of nitro groups is 1. The summed E-state index contributed by atoms with van der Waals surface area (Å²) in [5.74, 6) is 0. The fraction of sp³-hybridized carbons (Fsp3) is 0.208. The molecule has 0 radical (unpaired) electrons. The van der Waals surface area contributed by atoms with Gasteiger partial charge in [-0.1, -0.05) is 66.2 Å². The molecule has 0 amide bonds. The van der Waals surface area contributed by atoms with Crippen LogP contribution in [0.5, 0.6) is 0 Å². The maximum Gasteiger partial charge on any atom is 0.288 e. The maximum absolute atomic E-state index is 11.1. The molecule has 1 aliphatic carbocycles. The molecule has 0 atom stereocenters. The summed E-state index contributed by atoms with van der Waals surface area (Å²) in [5.41, 5.74) is 5.95. The Kier molecular flexibility index (Phi) is 5.18. The van der Waals surface area contributed by atoms with Crippen LogP contribution in [0.4, 0.5) is 5.69 Å². The lowest BCUT2D eigenvalue weighted by atomic mass is 10.0. The summed E-state index contributed by atoms with van der Waals surface area (Å²) in [7, 11) is 0. The van der Waals surface area contributed by atoms with Crippen molar-refractivity contribution >= 4 is 23.5 Å². The Balaban J connectivity index is 1.30. The fourth-order valence-electron chi connectivity index (χ4n) is 4.51. The van der Waals surface area contributed by atoms with Crippen molar-refractivity contribution in [1.29, 1.82) is 0 Å². The molecule has 2 aliphatic rings. The molecule has 1 fully saturated rings. The van der Waals surface area contributed by atoms with Gasteiger partial charge in [0.25, 0.3) is 5.69 Å². The Labute approximate surface area is 185 Å². The van der Waals surface area contributed by atoms with Crippen LogP contribution in [0.2, 0.25) is 5.02 Å². The van der Waals surface area contributed by atoms with Crippen LogP contribution in [0, 0.1) is 10.1 Å². The number of benzene rings is 3. The molecule has 6 nitrogen and oxygen atoms in total. The molecule has 1 heterocycles. The van der Waals surface area contributed by atoms with Crippen molar-refractivity contribution in [2.24, 2.45) is 5.10 Å². The third-order valence-electron chi connectivity index (χ3n) is 5.99. The summed E-state index contributed by atoms with van der Waals surface area (Å²) in [5, 5.41) is 17.8. The van der Waals surface area contributed by atoms with Gasteiger partial charge in [0.05, 0.1) is 17.2 Å². The monoisotopic (exact) mass is 432 g/mol. The van der Waals surface area contributed by atoms with Crippen molar-refractivity contribution < 1.29 is 4.92 Å². The quantitative estimate of drug-likeness (QED) is 0.332. The number of hydrogen-bond donors (Lipinski definition) is 0. The highest BCUT2D eigenvalue weighted by Crippen LogP contribution is 2.46. The molecule has 1 aliphatic heterocycles. The number of hydrazone groups is 1. The van der Waals surface area contributed by atoms with Crippen molar-refractivity contribution in [2.75, 3.05) is 26.2 Å². The van der Waals surface area contributed by atoms with Crippen LogP contribution in [0.15, 0.2) is 71.8 Å². The Hall–Kier alpha value is -3.22. The third-order valence-corrected chi connectivity index (χ3v) is 6.31. The molecule has 3 aromatic carbocycles. The van der Waals surface area contributed by atoms with Gasteiger partial charge in [-0.3, -0.25) is 20.0 Å². The number of nitro benzene ring substituents is 1. The molecular weight excluding hydrogens is 412 g/mol. The lowest BCUT2D eigenvalue weighted by Gasteiger charge is -2.37. The summed E-state index contributed by atoms with van der Waals surface area (Å²) in [4.78, 5) is 13.1. The van der Waals surface area contributed by atoms with Gasteiger partial charge in [0.15, 0.2) is 0 Å². The van der Waals surface area contributed by atoms with Crippen molar-refractivity contribution in [3.63, 3.8) is 0 Å². The SMILES string of the molecule is O=[N+]([O-])c1cc(C=NN2CCN(C3c4ccccc4-c4ccccc43)CC2)ccc1Cl. The van der Waals surface area contributed by atoms with Gasteiger partial charge in [-0.25, -0.2) is 0 Å². The number of hydrogen-bond acceptors (Lipinski definition) is 5. The predicted molar refractivity (Wildman–Crippen MR) is 123 cm³/mol. The summed E-state index contributed by atoms with van der Waals surface area (Å²) < 4.78 is 0. The molecule has 3 aromatic rings. The van der Waals surface area contributed by atoms with Crippen molar-refractivity contribution in [3.05, 3.63) is 98.6 Å². The van der Waals surface area contributed by atoms with Gasteiger partial charge >= 0.3 is 0 Å². The summed E-state index contributed by atoms with van der Waals surface area (Å²) in [6.45, 7) is 3.39. The predicted octanol–water partition coefficient (Wildman–Crippen LogP) is 4.97. The van der Waals surface area contributed by atoms with E-state index < -0.39 is 4.92 Å². The van der Waals surface area contributed by atoms with E-state index in [9.17, 15) is 10.1 Å². The zero-order valence-corrected chi connectivity index (χ0v) is 17.6. The van der Waals surface area contributed by atoms with Gasteiger partial charge in [0.2, 0.25) is 0 Å². The van der Waals surface area contributed by atoms with Gasteiger partial charge in [-0.15, -0.1) is 0 Å². The van der Waals surface area contributed by atoms with E-state index >= 15 is 0 Å². The molecule has 0 unspecified atom stereocenters. The van der Waals surface area contributed by atoms with Crippen LogP contribution in [-0.4, -0.2) is 47.2 Å². The second-order valence-electron chi connectivity index (χ2n) is 7.78. The van der Waals surface area contributed by atoms with E-state index in [2.05, 4.69) is 58.5 Å². The first-order valence-electron chi connectivity index (χ1n) is 10.3. The smallest absolute Gasteiger partial charge is 0.288 e. The molecule has 5 rings (SSSR count). The standard InChI is InChI=1S/C24H21ClN4O2/c25-22-10-9-17(15-23(22)29(30)31)16-26-28-13-11-27(12-14-28)24-20-7-3-1-5-18(20)19-6-2-4-8-21(19)24/h1-10,15-16,24H,11-14H2. The summed E-state index contributed by atoms with van der Waals surface area (Å²) in [6, 6.07) is 22.3. The van der Waals surface area contributed by atoms with Crippen LogP contribution >= 0.6 is 11.6 Å². The van der Waals surface area contributed by atoms with Crippen LogP contribution in [0.25, 0.3) is 11.1 Å². The van der Waals surface area contributed by atoms with Gasteiger partial charge in [0, 0.05) is 37.8 Å². The van der Waals surface area contributed by atoms with Gasteiger partial charge in [0.1, 0.15) is 5.02 Å². The lowest BCUT2D eigenvalue weighted by molar-refractivity contribution is -0.384. The normalized spacial score (nSPS) is 16.5. The minimum atomic E-state index is -0.476. The zero-order valence-electron chi connectivity index (χ0n) is 16.8. The molecule has 7 heteroatoms.